The number of carboxylic acids is 1. The second-order valence-electron chi connectivity index (χ2n) is 2.22. The van der Waals surface area contributed by atoms with Crippen LogP contribution in [-0.2, 0) is 4.79 Å². The molecule has 0 bridgehead atoms. The number of carbonyl (C=O) groups is 1. The largest absolute Gasteiger partial charge is 0.480 e. The van der Waals surface area contributed by atoms with E-state index in [0.717, 1.165) is 11.8 Å². The van der Waals surface area contributed by atoms with Gasteiger partial charge in [0, 0.05) is 0 Å². The Bertz CT molecular complexity index is 364. The highest BCUT2D eigenvalue weighted by atomic mass is 32.2. The van der Waals surface area contributed by atoms with Crippen LogP contribution in [0.4, 0.5) is 0 Å². The minimum atomic E-state index is -0.952. The molecule has 0 aliphatic rings. The third-order valence-electron chi connectivity index (χ3n) is 1.19. The molecule has 0 fully saturated rings. The minimum Gasteiger partial charge on any atom is -0.480 e. The van der Waals surface area contributed by atoms with E-state index < -0.39 is 16.9 Å². The Morgan fingerprint density at radius 1 is 1.77 bits per heavy atom. The van der Waals surface area contributed by atoms with Gasteiger partial charge in [0.2, 0.25) is 0 Å². The highest BCUT2D eigenvalue weighted by Crippen LogP contribution is 2.18. The third kappa shape index (κ3) is 2.86. The highest BCUT2D eigenvalue weighted by Gasteiger charge is 2.13. The van der Waals surface area contributed by atoms with E-state index in [9.17, 15) is 9.59 Å². The lowest BCUT2D eigenvalue weighted by atomic mass is 10.5. The third-order valence-corrected chi connectivity index (χ3v) is 2.19. The fourth-order valence-electron chi connectivity index (χ4n) is 0.585. The molecule has 1 unspecified atom stereocenters. The lowest BCUT2D eigenvalue weighted by molar-refractivity contribution is -0.136. The molecular weight excluding hydrogens is 194 g/mol. The van der Waals surface area contributed by atoms with Crippen molar-refractivity contribution in [2.24, 2.45) is 0 Å². The van der Waals surface area contributed by atoms with Crippen molar-refractivity contribution >= 4 is 17.7 Å². The topological polar surface area (TPSA) is 95.9 Å². The summed E-state index contributed by atoms with van der Waals surface area (Å²) >= 11 is 0.973. The number of H-pyrrole nitrogens is 1. The van der Waals surface area contributed by atoms with Crippen LogP contribution in [0.1, 0.15) is 6.92 Å². The van der Waals surface area contributed by atoms with Crippen LogP contribution in [0.3, 0.4) is 0 Å². The molecule has 1 aromatic heterocycles. The van der Waals surface area contributed by atoms with Crippen LogP contribution >= 0.6 is 11.8 Å². The van der Waals surface area contributed by atoms with Crippen molar-refractivity contribution < 1.29 is 9.90 Å². The van der Waals surface area contributed by atoms with Gasteiger partial charge in [-0.25, -0.2) is 9.89 Å². The normalized spacial score (nSPS) is 12.4. The van der Waals surface area contributed by atoms with Crippen molar-refractivity contribution in [2.75, 3.05) is 0 Å². The summed E-state index contributed by atoms with van der Waals surface area (Å²) in [7, 11) is 0. The smallest absolute Gasteiger partial charge is 0.362 e. The second kappa shape index (κ2) is 4.04. The highest BCUT2D eigenvalue weighted by molar-refractivity contribution is 8.00. The second-order valence-corrected chi connectivity index (χ2v) is 3.58. The first-order valence-corrected chi connectivity index (χ1v) is 4.29. The van der Waals surface area contributed by atoms with E-state index in [2.05, 4.69) is 15.2 Å². The van der Waals surface area contributed by atoms with E-state index in [4.69, 9.17) is 5.11 Å². The van der Waals surface area contributed by atoms with Gasteiger partial charge in [0.1, 0.15) is 10.3 Å². The monoisotopic (exact) mass is 201 g/mol. The number of aromatic nitrogens is 3. The predicted octanol–water partition coefficient (Wildman–Crippen LogP) is -0.270. The van der Waals surface area contributed by atoms with E-state index >= 15 is 0 Å². The van der Waals surface area contributed by atoms with Crippen LogP contribution in [0, 0.1) is 0 Å². The summed E-state index contributed by atoms with van der Waals surface area (Å²) in [5.41, 5.74) is -0.581. The molecule has 1 heterocycles. The van der Waals surface area contributed by atoms with Crippen molar-refractivity contribution in [1.82, 2.24) is 15.2 Å². The van der Waals surface area contributed by atoms with Crippen LogP contribution in [0.25, 0.3) is 0 Å². The van der Waals surface area contributed by atoms with Crippen LogP contribution in [0.2, 0.25) is 0 Å². The molecule has 70 valence electrons. The molecule has 0 radical (unpaired) electrons. The number of nitrogens with zero attached hydrogens (tertiary/aromatic N) is 2. The molecule has 13 heavy (non-hydrogen) atoms. The molecule has 6 nitrogen and oxygen atoms in total. The fraction of sp³-hybridized carbons (Fsp3) is 0.333. The number of rotatable bonds is 3. The Hall–Kier alpha value is -1.37. The number of carboxylic acid groups (broad SMARTS) is 1. The molecule has 2 N–H and O–H groups in total. The maximum Gasteiger partial charge on any atom is 0.362 e. The molecule has 1 rings (SSSR count). The van der Waals surface area contributed by atoms with Gasteiger partial charge in [0.25, 0.3) is 0 Å². The summed E-state index contributed by atoms with van der Waals surface area (Å²) in [6.45, 7) is 1.51. The summed E-state index contributed by atoms with van der Waals surface area (Å²) in [6, 6.07) is 0. The molecule has 0 aliphatic heterocycles. The zero-order chi connectivity index (χ0) is 9.84. The van der Waals surface area contributed by atoms with Gasteiger partial charge in [-0.15, -0.1) is 0 Å². The first kappa shape index (κ1) is 9.72. The Balaban J connectivity index is 2.75. The Morgan fingerprint density at radius 2 is 2.46 bits per heavy atom. The van der Waals surface area contributed by atoms with Crippen molar-refractivity contribution in [3.8, 4) is 0 Å². The van der Waals surface area contributed by atoms with Gasteiger partial charge in [-0.2, -0.15) is 10.1 Å². The summed E-state index contributed by atoms with van der Waals surface area (Å²) in [4.78, 5) is 24.6. The SMILES string of the molecule is CC(Sc1cn[nH]c(=O)n1)C(=O)O. The quantitative estimate of drug-likeness (QED) is 0.653. The van der Waals surface area contributed by atoms with Gasteiger partial charge in [0.05, 0.1) is 6.20 Å². The van der Waals surface area contributed by atoms with E-state index in [1.807, 2.05) is 0 Å². The number of nitrogens with one attached hydrogen (secondary N) is 1. The van der Waals surface area contributed by atoms with Crippen molar-refractivity contribution in [3.05, 3.63) is 16.7 Å². The number of aliphatic carboxylic acids is 1. The Kier molecular flexibility index (Phi) is 3.02. The summed E-state index contributed by atoms with van der Waals surface area (Å²) in [5.74, 6) is -0.952. The van der Waals surface area contributed by atoms with Gasteiger partial charge in [-0.05, 0) is 6.92 Å². The molecule has 0 amide bonds. The lowest BCUT2D eigenvalue weighted by Gasteiger charge is -2.02. The minimum absolute atomic E-state index is 0.304. The number of hydrogen-bond donors (Lipinski definition) is 2. The summed E-state index contributed by atoms with van der Waals surface area (Å²) in [5, 5.41) is 13.8. The number of aromatic amines is 1. The molecule has 7 heteroatoms. The standard InChI is InChI=1S/C6H7N3O3S/c1-3(5(10)11)13-4-2-7-9-6(12)8-4/h2-3H,1H3,(H,10,11)(H,8,9,12). The number of hydrogen-bond acceptors (Lipinski definition) is 5. The number of thioether (sulfide) groups is 1. The van der Waals surface area contributed by atoms with Crippen LogP contribution in [-0.4, -0.2) is 31.5 Å². The molecule has 0 spiro atoms. The summed E-state index contributed by atoms with van der Waals surface area (Å²) < 4.78 is 0. The van der Waals surface area contributed by atoms with Crippen molar-refractivity contribution in [2.45, 2.75) is 17.2 Å². The average Bonchev–Trinajstić information content (AvgIpc) is 2.04. The predicted molar refractivity (Wildman–Crippen MR) is 45.6 cm³/mol. The van der Waals surface area contributed by atoms with E-state index in [0.29, 0.717) is 5.03 Å². The zero-order valence-electron chi connectivity index (χ0n) is 6.72. The summed E-state index contributed by atoms with van der Waals surface area (Å²) in [6.07, 6.45) is 1.31. The lowest BCUT2D eigenvalue weighted by Crippen LogP contribution is -2.15. The first-order valence-electron chi connectivity index (χ1n) is 3.41. The molecular formula is C6H7N3O3S. The van der Waals surface area contributed by atoms with E-state index in [1.165, 1.54) is 13.1 Å². The van der Waals surface area contributed by atoms with Crippen LogP contribution in [0.15, 0.2) is 16.0 Å². The molecule has 1 aromatic rings. The van der Waals surface area contributed by atoms with Crippen LogP contribution < -0.4 is 5.69 Å². The fourth-order valence-corrected chi connectivity index (χ4v) is 1.30. The van der Waals surface area contributed by atoms with E-state index in [1.54, 1.807) is 0 Å². The van der Waals surface area contributed by atoms with Gasteiger partial charge < -0.3 is 5.11 Å². The Labute approximate surface area is 77.4 Å². The molecule has 0 aromatic carbocycles. The Morgan fingerprint density at radius 3 is 3.00 bits per heavy atom. The van der Waals surface area contributed by atoms with Crippen molar-refractivity contribution in [1.29, 1.82) is 0 Å². The van der Waals surface area contributed by atoms with Crippen LogP contribution in [0.5, 0.6) is 0 Å². The zero-order valence-corrected chi connectivity index (χ0v) is 7.54. The maximum atomic E-state index is 10.7. The first-order chi connectivity index (χ1) is 6.09. The van der Waals surface area contributed by atoms with Crippen molar-refractivity contribution in [3.63, 3.8) is 0 Å². The van der Waals surface area contributed by atoms with Gasteiger partial charge in [0.15, 0.2) is 0 Å². The average molecular weight is 201 g/mol. The van der Waals surface area contributed by atoms with Gasteiger partial charge >= 0.3 is 11.7 Å². The maximum absolute atomic E-state index is 10.7. The molecule has 0 saturated heterocycles. The van der Waals surface area contributed by atoms with E-state index in [-0.39, 0.29) is 0 Å². The molecule has 0 saturated carbocycles. The van der Waals surface area contributed by atoms with Gasteiger partial charge in [-0.3, -0.25) is 4.79 Å². The molecule has 0 aliphatic carbocycles. The molecule has 1 atom stereocenters. The van der Waals surface area contributed by atoms with Gasteiger partial charge in [-0.1, -0.05) is 11.8 Å².